The van der Waals surface area contributed by atoms with Gasteiger partial charge < -0.3 is 9.88 Å². The highest BCUT2D eigenvalue weighted by molar-refractivity contribution is 5.78. The molecule has 0 saturated carbocycles. The van der Waals surface area contributed by atoms with Crippen molar-refractivity contribution < 1.29 is 4.79 Å². The van der Waals surface area contributed by atoms with Gasteiger partial charge in [0.1, 0.15) is 11.6 Å². The summed E-state index contributed by atoms with van der Waals surface area (Å²) in [6, 6.07) is 0. The molecular formula is C14H23N3O. The number of aromatic nitrogens is 2. The first-order chi connectivity index (χ1) is 8.75. The van der Waals surface area contributed by atoms with Gasteiger partial charge in [0.05, 0.1) is 0 Å². The maximum absolute atomic E-state index is 11.8. The highest BCUT2D eigenvalue weighted by Crippen LogP contribution is 2.18. The molecule has 0 aromatic carbocycles. The monoisotopic (exact) mass is 249 g/mol. The van der Waals surface area contributed by atoms with E-state index in [1.54, 1.807) is 6.20 Å². The molecule has 4 nitrogen and oxygen atoms in total. The number of nitrogens with zero attached hydrogens (tertiary/aromatic N) is 2. The second-order valence-corrected chi connectivity index (χ2v) is 5.23. The number of imidazole rings is 1. The predicted octanol–water partition coefficient (Wildman–Crippen LogP) is 1.70. The predicted molar refractivity (Wildman–Crippen MR) is 71.4 cm³/mol. The lowest BCUT2D eigenvalue weighted by atomic mass is 9.92. The van der Waals surface area contributed by atoms with Crippen LogP contribution in [0.4, 0.5) is 0 Å². The molecule has 0 aliphatic carbocycles. The number of rotatable bonds is 6. The minimum absolute atomic E-state index is 0.386. The first-order valence-corrected chi connectivity index (χ1v) is 6.94. The van der Waals surface area contributed by atoms with Gasteiger partial charge in [-0.1, -0.05) is 0 Å². The minimum atomic E-state index is 0.386. The number of aryl methyl sites for hydroxylation is 2. The van der Waals surface area contributed by atoms with E-state index in [1.807, 2.05) is 17.8 Å². The number of hydrogen-bond acceptors (Lipinski definition) is 3. The highest BCUT2D eigenvalue weighted by atomic mass is 16.1. The zero-order valence-corrected chi connectivity index (χ0v) is 11.2. The van der Waals surface area contributed by atoms with Crippen LogP contribution in [-0.4, -0.2) is 28.4 Å². The molecule has 1 aromatic heterocycles. The van der Waals surface area contributed by atoms with E-state index < -0.39 is 0 Å². The molecule has 0 amide bonds. The molecule has 2 rings (SSSR count). The van der Waals surface area contributed by atoms with Crippen molar-refractivity contribution in [1.29, 1.82) is 0 Å². The van der Waals surface area contributed by atoms with Crippen molar-refractivity contribution >= 4 is 5.78 Å². The fraction of sp³-hybridized carbons (Fsp3) is 0.714. The number of nitrogens with one attached hydrogen (secondary N) is 1. The number of Topliss-reactive ketones (excluding diaryl/α,β-unsaturated/α-hetero) is 1. The van der Waals surface area contributed by atoms with E-state index in [1.165, 1.54) is 12.8 Å². The Morgan fingerprint density at radius 2 is 2.22 bits per heavy atom. The van der Waals surface area contributed by atoms with Gasteiger partial charge in [-0.15, -0.1) is 0 Å². The molecule has 18 heavy (non-hydrogen) atoms. The van der Waals surface area contributed by atoms with E-state index in [0.717, 1.165) is 44.1 Å². The molecule has 2 heterocycles. The molecule has 1 N–H and O–H groups in total. The van der Waals surface area contributed by atoms with E-state index in [0.29, 0.717) is 12.2 Å². The van der Waals surface area contributed by atoms with Gasteiger partial charge >= 0.3 is 0 Å². The SMILES string of the molecule is Cn1ccnc1CCC(=O)CCC1CCNCC1. The standard InChI is InChI=1S/C14H23N3O/c1-17-11-10-16-14(17)5-4-13(18)3-2-12-6-8-15-9-7-12/h10-12,15H,2-9H2,1H3. The van der Waals surface area contributed by atoms with Crippen molar-refractivity contribution in [2.75, 3.05) is 13.1 Å². The summed E-state index contributed by atoms with van der Waals surface area (Å²) in [4.78, 5) is 16.1. The Morgan fingerprint density at radius 1 is 1.44 bits per heavy atom. The van der Waals surface area contributed by atoms with Gasteiger partial charge in [-0.3, -0.25) is 4.79 Å². The van der Waals surface area contributed by atoms with Crippen LogP contribution >= 0.6 is 0 Å². The van der Waals surface area contributed by atoms with E-state index in [2.05, 4.69) is 10.3 Å². The topological polar surface area (TPSA) is 46.9 Å². The molecule has 1 saturated heterocycles. The molecule has 0 unspecified atom stereocenters. The Hall–Kier alpha value is -1.16. The summed E-state index contributed by atoms with van der Waals surface area (Å²) < 4.78 is 1.99. The molecule has 4 heteroatoms. The van der Waals surface area contributed by atoms with Crippen molar-refractivity contribution in [3.63, 3.8) is 0 Å². The molecule has 100 valence electrons. The fourth-order valence-corrected chi connectivity index (χ4v) is 2.55. The van der Waals surface area contributed by atoms with E-state index in [4.69, 9.17) is 0 Å². The van der Waals surface area contributed by atoms with Gasteiger partial charge in [0.25, 0.3) is 0 Å². The number of ketones is 1. The second kappa shape index (κ2) is 6.69. The molecule has 1 aliphatic rings. The summed E-state index contributed by atoms with van der Waals surface area (Å²) in [5.74, 6) is 2.14. The van der Waals surface area contributed by atoms with Crippen LogP contribution in [0.15, 0.2) is 12.4 Å². The maximum Gasteiger partial charge on any atom is 0.133 e. The van der Waals surface area contributed by atoms with E-state index in [9.17, 15) is 4.79 Å². The van der Waals surface area contributed by atoms with Gasteiger partial charge in [0, 0.05) is 38.7 Å². The first-order valence-electron chi connectivity index (χ1n) is 6.94. The summed E-state index contributed by atoms with van der Waals surface area (Å²) in [6.07, 6.45) is 9.39. The smallest absolute Gasteiger partial charge is 0.133 e. The zero-order chi connectivity index (χ0) is 12.8. The molecule has 0 bridgehead atoms. The second-order valence-electron chi connectivity index (χ2n) is 5.23. The minimum Gasteiger partial charge on any atom is -0.338 e. The van der Waals surface area contributed by atoms with Gasteiger partial charge in [0.2, 0.25) is 0 Å². The number of carbonyl (C=O) groups excluding carboxylic acids is 1. The lowest BCUT2D eigenvalue weighted by molar-refractivity contribution is -0.119. The third-order valence-corrected chi connectivity index (χ3v) is 3.84. The summed E-state index contributed by atoms with van der Waals surface area (Å²) in [5.41, 5.74) is 0. The van der Waals surface area contributed by atoms with Crippen molar-refractivity contribution in [3.8, 4) is 0 Å². The number of piperidine rings is 1. The van der Waals surface area contributed by atoms with Crippen molar-refractivity contribution in [2.45, 2.75) is 38.5 Å². The van der Waals surface area contributed by atoms with Gasteiger partial charge in [-0.05, 0) is 38.3 Å². The first kappa shape index (κ1) is 13.3. The lowest BCUT2D eigenvalue weighted by Gasteiger charge is -2.22. The van der Waals surface area contributed by atoms with E-state index >= 15 is 0 Å². The normalized spacial score (nSPS) is 16.9. The van der Waals surface area contributed by atoms with Crippen LogP contribution < -0.4 is 5.32 Å². The zero-order valence-electron chi connectivity index (χ0n) is 11.2. The van der Waals surface area contributed by atoms with Gasteiger partial charge in [-0.25, -0.2) is 4.98 Å². The van der Waals surface area contributed by atoms with Crippen LogP contribution in [0.1, 0.15) is 37.9 Å². The third kappa shape index (κ3) is 3.95. The Kier molecular flexibility index (Phi) is 4.93. The van der Waals surface area contributed by atoms with Crippen LogP contribution in [-0.2, 0) is 18.3 Å². The quantitative estimate of drug-likeness (QED) is 0.834. The molecule has 0 spiro atoms. The Labute approximate surface area is 109 Å². The van der Waals surface area contributed by atoms with Crippen LogP contribution in [0.3, 0.4) is 0 Å². The van der Waals surface area contributed by atoms with Crippen molar-refractivity contribution in [1.82, 2.24) is 14.9 Å². The van der Waals surface area contributed by atoms with Crippen LogP contribution in [0.2, 0.25) is 0 Å². The van der Waals surface area contributed by atoms with Crippen molar-refractivity contribution in [3.05, 3.63) is 18.2 Å². The molecule has 0 radical (unpaired) electrons. The summed E-state index contributed by atoms with van der Waals surface area (Å²) in [5, 5.41) is 3.36. The Balaban J connectivity index is 1.64. The molecular weight excluding hydrogens is 226 g/mol. The van der Waals surface area contributed by atoms with Crippen LogP contribution in [0, 0.1) is 5.92 Å². The molecule has 1 fully saturated rings. The fourth-order valence-electron chi connectivity index (χ4n) is 2.55. The maximum atomic E-state index is 11.8. The number of hydrogen-bond donors (Lipinski definition) is 1. The summed E-state index contributed by atoms with van der Waals surface area (Å²) in [7, 11) is 1.97. The Morgan fingerprint density at radius 3 is 2.89 bits per heavy atom. The molecule has 0 atom stereocenters. The van der Waals surface area contributed by atoms with Crippen LogP contribution in [0.25, 0.3) is 0 Å². The average Bonchev–Trinajstić information content (AvgIpc) is 2.81. The molecule has 1 aromatic rings. The average molecular weight is 249 g/mol. The molecule has 1 aliphatic heterocycles. The van der Waals surface area contributed by atoms with Gasteiger partial charge in [-0.2, -0.15) is 0 Å². The third-order valence-electron chi connectivity index (χ3n) is 3.84. The van der Waals surface area contributed by atoms with E-state index in [-0.39, 0.29) is 0 Å². The lowest BCUT2D eigenvalue weighted by Crippen LogP contribution is -2.28. The Bertz CT molecular complexity index is 380. The van der Waals surface area contributed by atoms with Gasteiger partial charge in [0.15, 0.2) is 0 Å². The van der Waals surface area contributed by atoms with Crippen molar-refractivity contribution in [2.24, 2.45) is 13.0 Å². The summed E-state index contributed by atoms with van der Waals surface area (Å²) >= 11 is 0. The number of carbonyl (C=O) groups is 1. The summed E-state index contributed by atoms with van der Waals surface area (Å²) in [6.45, 7) is 2.23. The highest BCUT2D eigenvalue weighted by Gasteiger charge is 2.14. The largest absolute Gasteiger partial charge is 0.338 e. The van der Waals surface area contributed by atoms with Crippen LogP contribution in [0.5, 0.6) is 0 Å².